The molecular formula is C13H9N5O2. The van der Waals surface area contributed by atoms with Gasteiger partial charge in [0.2, 0.25) is 0 Å². The number of nitrogens with zero attached hydrogens (tertiary/aromatic N) is 5. The number of nitro benzene ring substituents is 1. The van der Waals surface area contributed by atoms with Crippen molar-refractivity contribution in [3.8, 4) is 17.2 Å². The van der Waals surface area contributed by atoms with Crippen molar-refractivity contribution < 1.29 is 4.92 Å². The van der Waals surface area contributed by atoms with E-state index >= 15 is 0 Å². The van der Waals surface area contributed by atoms with E-state index in [0.29, 0.717) is 17.2 Å². The van der Waals surface area contributed by atoms with E-state index < -0.39 is 4.92 Å². The topological polar surface area (TPSA) is 86.7 Å². The van der Waals surface area contributed by atoms with Gasteiger partial charge in [0.15, 0.2) is 5.82 Å². The van der Waals surface area contributed by atoms with Crippen molar-refractivity contribution in [2.24, 2.45) is 0 Å². The number of para-hydroxylation sites is 2. The zero-order valence-corrected chi connectivity index (χ0v) is 10.2. The third-order valence-electron chi connectivity index (χ3n) is 2.74. The average Bonchev–Trinajstić information content (AvgIpc) is 2.97. The van der Waals surface area contributed by atoms with Gasteiger partial charge in [-0.15, -0.1) is 0 Å². The summed E-state index contributed by atoms with van der Waals surface area (Å²) in [5.41, 5.74) is 0.957. The fourth-order valence-corrected chi connectivity index (χ4v) is 1.89. The van der Waals surface area contributed by atoms with Gasteiger partial charge in [-0.05, 0) is 18.2 Å². The Morgan fingerprint density at radius 2 is 1.75 bits per heavy atom. The molecule has 0 saturated heterocycles. The normalized spacial score (nSPS) is 10.4. The first-order valence-electron chi connectivity index (χ1n) is 5.82. The Hall–Kier alpha value is -3.09. The molecule has 0 aliphatic heterocycles. The van der Waals surface area contributed by atoms with Crippen LogP contribution in [-0.2, 0) is 0 Å². The lowest BCUT2D eigenvalue weighted by Gasteiger charge is -2.06. The molecule has 98 valence electrons. The minimum Gasteiger partial charge on any atom is -0.258 e. The van der Waals surface area contributed by atoms with Gasteiger partial charge in [0.25, 0.3) is 5.69 Å². The van der Waals surface area contributed by atoms with Crippen molar-refractivity contribution in [1.82, 2.24) is 19.7 Å². The van der Waals surface area contributed by atoms with Gasteiger partial charge in [0.05, 0.1) is 11.1 Å². The summed E-state index contributed by atoms with van der Waals surface area (Å²) in [6.07, 6.45) is 4.78. The van der Waals surface area contributed by atoms with Crippen LogP contribution in [0, 0.1) is 10.1 Å². The molecule has 0 amide bonds. The summed E-state index contributed by atoms with van der Waals surface area (Å²) in [6, 6.07) is 9.83. The van der Waals surface area contributed by atoms with Crippen LogP contribution >= 0.6 is 0 Å². The zero-order valence-electron chi connectivity index (χ0n) is 10.2. The van der Waals surface area contributed by atoms with Gasteiger partial charge >= 0.3 is 0 Å². The highest BCUT2D eigenvalue weighted by Crippen LogP contribution is 2.25. The molecule has 0 spiro atoms. The Bertz CT molecular complexity index is 754. The molecule has 2 heterocycles. The van der Waals surface area contributed by atoms with Gasteiger partial charge in [-0.2, -0.15) is 5.10 Å². The molecule has 0 aliphatic carbocycles. The standard InChI is InChI=1S/C13H9N5O2/c19-18(20)11-5-2-1-4-10(11)17-12(6-9-16-17)13-14-7-3-8-15-13/h1-9H. The molecule has 1 aromatic carbocycles. The van der Waals surface area contributed by atoms with Gasteiger partial charge < -0.3 is 0 Å². The molecular weight excluding hydrogens is 258 g/mol. The summed E-state index contributed by atoms with van der Waals surface area (Å²) in [4.78, 5) is 18.9. The van der Waals surface area contributed by atoms with E-state index in [9.17, 15) is 10.1 Å². The SMILES string of the molecule is O=[N+]([O-])c1ccccc1-n1nccc1-c1ncccn1. The predicted octanol–water partition coefficient (Wildman–Crippen LogP) is 2.24. The van der Waals surface area contributed by atoms with Crippen molar-refractivity contribution in [2.45, 2.75) is 0 Å². The number of rotatable bonds is 3. The Labute approximate surface area is 113 Å². The molecule has 7 nitrogen and oxygen atoms in total. The molecule has 7 heteroatoms. The molecule has 3 aromatic rings. The van der Waals surface area contributed by atoms with Crippen LogP contribution in [0.4, 0.5) is 5.69 Å². The minimum atomic E-state index is -0.438. The average molecular weight is 267 g/mol. The van der Waals surface area contributed by atoms with Crippen molar-refractivity contribution in [3.63, 3.8) is 0 Å². The molecule has 2 aromatic heterocycles. The van der Waals surface area contributed by atoms with Gasteiger partial charge in [0.1, 0.15) is 11.4 Å². The number of benzene rings is 1. The molecule has 0 aliphatic rings. The highest BCUT2D eigenvalue weighted by Gasteiger charge is 2.18. The van der Waals surface area contributed by atoms with Crippen LogP contribution in [0.1, 0.15) is 0 Å². The highest BCUT2D eigenvalue weighted by molar-refractivity contribution is 5.59. The second-order valence-electron chi connectivity index (χ2n) is 3.95. The first kappa shape index (κ1) is 12.0. The van der Waals surface area contributed by atoms with Crippen LogP contribution in [0.25, 0.3) is 17.2 Å². The largest absolute Gasteiger partial charge is 0.294 e. The fraction of sp³-hybridized carbons (Fsp3) is 0. The van der Waals surface area contributed by atoms with E-state index in [1.54, 1.807) is 48.9 Å². The first-order valence-corrected chi connectivity index (χ1v) is 5.82. The quantitative estimate of drug-likeness (QED) is 0.536. The maximum absolute atomic E-state index is 11.1. The minimum absolute atomic E-state index is 0.0200. The fourth-order valence-electron chi connectivity index (χ4n) is 1.89. The summed E-state index contributed by atoms with van der Waals surface area (Å²) >= 11 is 0. The third-order valence-corrected chi connectivity index (χ3v) is 2.74. The third kappa shape index (κ3) is 2.01. The summed E-state index contributed by atoms with van der Waals surface area (Å²) in [7, 11) is 0. The maximum atomic E-state index is 11.1. The van der Waals surface area contributed by atoms with Crippen molar-refractivity contribution in [3.05, 3.63) is 65.1 Å². The summed E-state index contributed by atoms with van der Waals surface area (Å²) in [6.45, 7) is 0. The second-order valence-corrected chi connectivity index (χ2v) is 3.95. The number of hydrogen-bond donors (Lipinski definition) is 0. The molecule has 0 fully saturated rings. The highest BCUT2D eigenvalue weighted by atomic mass is 16.6. The zero-order chi connectivity index (χ0) is 13.9. The molecule has 0 saturated carbocycles. The number of hydrogen-bond acceptors (Lipinski definition) is 5. The van der Waals surface area contributed by atoms with Crippen molar-refractivity contribution in [1.29, 1.82) is 0 Å². The smallest absolute Gasteiger partial charge is 0.258 e. The first-order chi connectivity index (χ1) is 9.77. The van der Waals surface area contributed by atoms with Crippen LogP contribution in [-0.4, -0.2) is 24.7 Å². The monoisotopic (exact) mass is 267 g/mol. The Morgan fingerprint density at radius 3 is 2.50 bits per heavy atom. The number of aromatic nitrogens is 4. The second kappa shape index (κ2) is 4.88. The van der Waals surface area contributed by atoms with Gasteiger partial charge in [-0.25, -0.2) is 14.6 Å². The summed E-state index contributed by atoms with van der Waals surface area (Å²) in [5, 5.41) is 15.2. The van der Waals surface area contributed by atoms with Crippen LogP contribution in [0.2, 0.25) is 0 Å². The van der Waals surface area contributed by atoms with Crippen LogP contribution in [0.5, 0.6) is 0 Å². The van der Waals surface area contributed by atoms with Crippen LogP contribution in [0.3, 0.4) is 0 Å². The van der Waals surface area contributed by atoms with E-state index in [1.165, 1.54) is 10.7 Å². The van der Waals surface area contributed by atoms with Crippen LogP contribution in [0.15, 0.2) is 55.0 Å². The molecule has 0 N–H and O–H groups in total. The van der Waals surface area contributed by atoms with E-state index in [1.807, 2.05) is 0 Å². The molecule has 0 radical (unpaired) electrons. The Morgan fingerprint density at radius 1 is 1.00 bits per heavy atom. The Kier molecular flexibility index (Phi) is 2.92. The molecule has 20 heavy (non-hydrogen) atoms. The van der Waals surface area contributed by atoms with Gasteiger partial charge in [-0.1, -0.05) is 12.1 Å². The number of nitro groups is 1. The molecule has 0 atom stereocenters. The summed E-state index contributed by atoms with van der Waals surface area (Å²) in [5.74, 6) is 0.461. The molecule has 0 unspecified atom stereocenters. The maximum Gasteiger partial charge on any atom is 0.294 e. The van der Waals surface area contributed by atoms with Gasteiger partial charge in [0, 0.05) is 18.5 Å². The lowest BCUT2D eigenvalue weighted by atomic mass is 10.2. The van der Waals surface area contributed by atoms with E-state index in [0.717, 1.165) is 0 Å². The van der Waals surface area contributed by atoms with Crippen LogP contribution < -0.4 is 0 Å². The Balaban J connectivity index is 2.18. The van der Waals surface area contributed by atoms with E-state index in [4.69, 9.17) is 0 Å². The summed E-state index contributed by atoms with van der Waals surface area (Å²) < 4.78 is 1.47. The van der Waals surface area contributed by atoms with Crippen molar-refractivity contribution in [2.75, 3.05) is 0 Å². The van der Waals surface area contributed by atoms with Gasteiger partial charge in [-0.3, -0.25) is 10.1 Å². The van der Waals surface area contributed by atoms with Crippen molar-refractivity contribution >= 4 is 5.69 Å². The predicted molar refractivity (Wildman–Crippen MR) is 71.2 cm³/mol. The van der Waals surface area contributed by atoms with E-state index in [2.05, 4.69) is 15.1 Å². The molecule has 0 bridgehead atoms. The van der Waals surface area contributed by atoms with E-state index in [-0.39, 0.29) is 5.69 Å². The lowest BCUT2D eigenvalue weighted by molar-refractivity contribution is -0.384. The molecule has 3 rings (SSSR count). The lowest BCUT2D eigenvalue weighted by Crippen LogP contribution is -2.04.